The number of benzene rings is 2. The Kier molecular flexibility index (Phi) is 4.21. The lowest BCUT2D eigenvalue weighted by molar-refractivity contribution is 0.112. The largest absolute Gasteiger partial charge is 0.493 e. The Morgan fingerprint density at radius 3 is 2.10 bits per heavy atom. The molecule has 0 atom stereocenters. The van der Waals surface area contributed by atoms with Gasteiger partial charge in [-0.1, -0.05) is 0 Å². The minimum atomic E-state index is -0.742. The second kappa shape index (κ2) is 5.91. The van der Waals surface area contributed by atoms with Crippen molar-refractivity contribution in [2.45, 2.75) is 6.92 Å². The predicted molar refractivity (Wildman–Crippen MR) is 75.0 cm³/mol. The quantitative estimate of drug-likeness (QED) is 0.805. The van der Waals surface area contributed by atoms with E-state index in [1.54, 1.807) is 0 Å². The van der Waals surface area contributed by atoms with Gasteiger partial charge in [-0.2, -0.15) is 0 Å². The number of hydrogen-bond donors (Lipinski definition) is 0. The van der Waals surface area contributed by atoms with Crippen LogP contribution >= 0.6 is 0 Å². The van der Waals surface area contributed by atoms with Crippen LogP contribution in [0.25, 0.3) is 11.1 Å². The van der Waals surface area contributed by atoms with Gasteiger partial charge in [0.1, 0.15) is 11.6 Å². The molecular weight excluding hydrogens is 278 g/mol. The molecule has 0 radical (unpaired) electrons. The van der Waals surface area contributed by atoms with Crippen LogP contribution in [0.1, 0.15) is 15.9 Å². The lowest BCUT2D eigenvalue weighted by atomic mass is 9.97. The highest BCUT2D eigenvalue weighted by atomic mass is 19.1. The van der Waals surface area contributed by atoms with Crippen molar-refractivity contribution >= 4 is 6.29 Å². The number of aldehydes is 1. The number of aryl methyl sites for hydroxylation is 1. The predicted octanol–water partition coefficient (Wildman–Crippen LogP) is 3.77. The number of halogens is 2. The summed E-state index contributed by atoms with van der Waals surface area (Å²) < 4.78 is 37.6. The van der Waals surface area contributed by atoms with E-state index in [4.69, 9.17) is 9.47 Å². The minimum Gasteiger partial charge on any atom is -0.493 e. The van der Waals surface area contributed by atoms with E-state index < -0.39 is 11.6 Å². The first-order valence-electron chi connectivity index (χ1n) is 6.19. The monoisotopic (exact) mass is 292 g/mol. The van der Waals surface area contributed by atoms with Crippen LogP contribution in [0.4, 0.5) is 8.78 Å². The molecule has 0 spiro atoms. The average Bonchev–Trinajstić information content (AvgIpc) is 2.49. The SMILES string of the molecule is COc1cc(C=O)c(-c2cc(C)c(F)cc2F)cc1OC. The minimum absolute atomic E-state index is 0.136. The molecule has 0 saturated heterocycles. The van der Waals surface area contributed by atoms with Crippen molar-refractivity contribution in [1.82, 2.24) is 0 Å². The van der Waals surface area contributed by atoms with E-state index in [-0.39, 0.29) is 16.7 Å². The highest BCUT2D eigenvalue weighted by molar-refractivity contribution is 5.89. The number of rotatable bonds is 4. The van der Waals surface area contributed by atoms with Crippen molar-refractivity contribution in [3.05, 3.63) is 47.0 Å². The lowest BCUT2D eigenvalue weighted by Gasteiger charge is -2.13. The summed E-state index contributed by atoms with van der Waals surface area (Å²) in [6, 6.07) is 5.12. The molecule has 2 rings (SSSR count). The molecule has 21 heavy (non-hydrogen) atoms. The van der Waals surface area contributed by atoms with Crippen LogP contribution in [-0.4, -0.2) is 20.5 Å². The first-order chi connectivity index (χ1) is 10.0. The molecule has 0 fully saturated rings. The molecule has 0 aliphatic heterocycles. The van der Waals surface area contributed by atoms with Gasteiger partial charge < -0.3 is 9.47 Å². The summed E-state index contributed by atoms with van der Waals surface area (Å²) in [5.74, 6) is -0.653. The number of ether oxygens (including phenoxy) is 2. The van der Waals surface area contributed by atoms with Crippen LogP contribution in [-0.2, 0) is 0 Å². The first kappa shape index (κ1) is 15.0. The molecule has 5 heteroatoms. The fourth-order valence-corrected chi connectivity index (χ4v) is 2.09. The fourth-order valence-electron chi connectivity index (χ4n) is 2.09. The van der Waals surface area contributed by atoms with Gasteiger partial charge in [-0.25, -0.2) is 8.78 Å². The maximum Gasteiger partial charge on any atom is 0.161 e. The van der Waals surface area contributed by atoms with Crippen molar-refractivity contribution < 1.29 is 23.0 Å². The van der Waals surface area contributed by atoms with Crippen LogP contribution in [0.15, 0.2) is 24.3 Å². The first-order valence-corrected chi connectivity index (χ1v) is 6.19. The molecule has 0 aromatic heterocycles. The zero-order valence-electron chi connectivity index (χ0n) is 11.9. The third-order valence-corrected chi connectivity index (χ3v) is 3.22. The third kappa shape index (κ3) is 2.72. The molecular formula is C16H14F2O3. The van der Waals surface area contributed by atoms with E-state index in [9.17, 15) is 13.6 Å². The number of methoxy groups -OCH3 is 2. The van der Waals surface area contributed by atoms with Gasteiger partial charge in [0.15, 0.2) is 17.8 Å². The summed E-state index contributed by atoms with van der Waals surface area (Å²) in [6.07, 6.45) is 0.593. The Balaban J connectivity index is 2.73. The summed E-state index contributed by atoms with van der Waals surface area (Å²) in [7, 11) is 2.88. The van der Waals surface area contributed by atoms with Crippen molar-refractivity contribution in [2.75, 3.05) is 14.2 Å². The average molecular weight is 292 g/mol. The normalized spacial score (nSPS) is 10.3. The van der Waals surface area contributed by atoms with E-state index in [0.717, 1.165) is 6.07 Å². The van der Waals surface area contributed by atoms with Crippen LogP contribution in [0.5, 0.6) is 11.5 Å². The second-order valence-corrected chi connectivity index (χ2v) is 4.49. The van der Waals surface area contributed by atoms with Crippen LogP contribution < -0.4 is 9.47 Å². The standard InChI is InChI=1S/C16H14F2O3/c1-9-4-12(14(18)7-13(9)17)11-6-16(21-3)15(20-2)5-10(11)8-19/h4-8H,1-3H3. The van der Waals surface area contributed by atoms with Crippen LogP contribution in [0.3, 0.4) is 0 Å². The Labute approximate surface area is 121 Å². The van der Waals surface area contributed by atoms with Crippen molar-refractivity contribution in [2.24, 2.45) is 0 Å². The second-order valence-electron chi connectivity index (χ2n) is 4.49. The number of carbonyl (C=O) groups is 1. The fraction of sp³-hybridized carbons (Fsp3) is 0.188. The van der Waals surface area contributed by atoms with Gasteiger partial charge in [0.05, 0.1) is 14.2 Å². The topological polar surface area (TPSA) is 35.5 Å². The Morgan fingerprint density at radius 2 is 1.52 bits per heavy atom. The van der Waals surface area contributed by atoms with Gasteiger partial charge >= 0.3 is 0 Å². The Hall–Kier alpha value is -2.43. The summed E-state index contributed by atoms with van der Waals surface area (Å²) in [6.45, 7) is 1.53. The van der Waals surface area contributed by atoms with Gasteiger partial charge in [0, 0.05) is 17.2 Å². The molecule has 110 valence electrons. The van der Waals surface area contributed by atoms with E-state index in [1.807, 2.05) is 0 Å². The van der Waals surface area contributed by atoms with Crippen molar-refractivity contribution in [1.29, 1.82) is 0 Å². The molecule has 0 unspecified atom stereocenters. The summed E-state index contributed by atoms with van der Waals surface area (Å²) >= 11 is 0. The molecule has 2 aromatic carbocycles. The van der Waals surface area contributed by atoms with Crippen molar-refractivity contribution in [3.63, 3.8) is 0 Å². The van der Waals surface area contributed by atoms with E-state index in [1.165, 1.54) is 39.3 Å². The lowest BCUT2D eigenvalue weighted by Crippen LogP contribution is -1.98. The highest BCUT2D eigenvalue weighted by Gasteiger charge is 2.16. The zero-order chi connectivity index (χ0) is 15.6. The van der Waals surface area contributed by atoms with E-state index >= 15 is 0 Å². The van der Waals surface area contributed by atoms with Gasteiger partial charge in [0.2, 0.25) is 0 Å². The molecule has 2 aromatic rings. The number of hydrogen-bond acceptors (Lipinski definition) is 3. The molecule has 0 aliphatic carbocycles. The molecule has 0 amide bonds. The molecule has 0 N–H and O–H groups in total. The van der Waals surface area contributed by atoms with Crippen LogP contribution in [0.2, 0.25) is 0 Å². The van der Waals surface area contributed by atoms with Gasteiger partial charge in [-0.15, -0.1) is 0 Å². The molecule has 0 heterocycles. The summed E-state index contributed by atoms with van der Waals surface area (Å²) in [5.41, 5.74) is 0.982. The molecule has 3 nitrogen and oxygen atoms in total. The molecule has 0 saturated carbocycles. The van der Waals surface area contributed by atoms with Crippen LogP contribution in [0, 0.1) is 18.6 Å². The summed E-state index contributed by atoms with van der Waals surface area (Å²) in [5, 5.41) is 0. The van der Waals surface area contributed by atoms with E-state index in [0.29, 0.717) is 23.3 Å². The smallest absolute Gasteiger partial charge is 0.161 e. The maximum absolute atomic E-state index is 14.0. The van der Waals surface area contributed by atoms with Crippen molar-refractivity contribution in [3.8, 4) is 22.6 Å². The molecule has 0 aliphatic rings. The van der Waals surface area contributed by atoms with E-state index in [2.05, 4.69) is 0 Å². The summed E-state index contributed by atoms with van der Waals surface area (Å²) in [4.78, 5) is 11.2. The Morgan fingerprint density at radius 1 is 0.905 bits per heavy atom. The maximum atomic E-state index is 14.0. The molecule has 0 bridgehead atoms. The van der Waals surface area contributed by atoms with Gasteiger partial charge in [-0.05, 0) is 36.2 Å². The van der Waals surface area contributed by atoms with Gasteiger partial charge in [0.25, 0.3) is 0 Å². The highest BCUT2D eigenvalue weighted by Crippen LogP contribution is 2.36. The number of carbonyl (C=O) groups excluding carboxylic acids is 1. The third-order valence-electron chi connectivity index (χ3n) is 3.22. The zero-order valence-corrected chi connectivity index (χ0v) is 11.9. The Bertz CT molecular complexity index is 696. The van der Waals surface area contributed by atoms with Gasteiger partial charge in [-0.3, -0.25) is 4.79 Å².